The van der Waals surface area contributed by atoms with Gasteiger partial charge < -0.3 is 9.64 Å². The molecule has 1 aromatic rings. The van der Waals surface area contributed by atoms with Crippen LogP contribution in [0.25, 0.3) is 0 Å². The molecule has 2 heterocycles. The van der Waals surface area contributed by atoms with E-state index < -0.39 is 0 Å². The number of pyridine rings is 1. The minimum absolute atomic E-state index is 0.283. The summed E-state index contributed by atoms with van der Waals surface area (Å²) < 4.78 is 5.54. The van der Waals surface area contributed by atoms with Gasteiger partial charge in [-0.2, -0.15) is 0 Å². The lowest BCUT2D eigenvalue weighted by molar-refractivity contribution is 0.0532. The molecule has 0 radical (unpaired) electrons. The van der Waals surface area contributed by atoms with Crippen molar-refractivity contribution >= 4 is 17.3 Å². The van der Waals surface area contributed by atoms with Gasteiger partial charge >= 0.3 is 0 Å². The number of morpholine rings is 1. The van der Waals surface area contributed by atoms with Gasteiger partial charge in [0.15, 0.2) is 0 Å². The molecular weight excluding hydrogens is 224 g/mol. The van der Waals surface area contributed by atoms with Crippen LogP contribution in [0.1, 0.15) is 18.2 Å². The molecule has 1 saturated heterocycles. The molecule has 0 amide bonds. The molecule has 88 valence electrons. The van der Waals surface area contributed by atoms with Gasteiger partial charge in [0, 0.05) is 36.2 Å². The van der Waals surface area contributed by atoms with Crippen molar-refractivity contribution in [2.45, 2.75) is 25.8 Å². The van der Waals surface area contributed by atoms with Crippen molar-refractivity contribution < 1.29 is 4.74 Å². The molecule has 1 aliphatic rings. The topological polar surface area (TPSA) is 25.4 Å². The van der Waals surface area contributed by atoms with E-state index in [4.69, 9.17) is 16.3 Å². The van der Waals surface area contributed by atoms with E-state index in [1.165, 1.54) is 5.69 Å². The second kappa shape index (κ2) is 5.02. The zero-order valence-corrected chi connectivity index (χ0v) is 10.5. The van der Waals surface area contributed by atoms with Gasteiger partial charge in [0.05, 0.1) is 18.6 Å². The van der Waals surface area contributed by atoms with Crippen LogP contribution in [0.3, 0.4) is 0 Å². The van der Waals surface area contributed by atoms with Crippen molar-refractivity contribution in [3.8, 4) is 0 Å². The van der Waals surface area contributed by atoms with Crippen molar-refractivity contribution in [3.05, 3.63) is 23.5 Å². The number of halogens is 1. The fourth-order valence-electron chi connectivity index (χ4n) is 2.01. The highest BCUT2D eigenvalue weighted by Crippen LogP contribution is 2.24. The number of rotatable bonds is 2. The van der Waals surface area contributed by atoms with Crippen molar-refractivity contribution in [1.29, 1.82) is 0 Å². The summed E-state index contributed by atoms with van der Waals surface area (Å²) in [6, 6.07) is 2.11. The molecule has 1 aromatic heterocycles. The summed E-state index contributed by atoms with van der Waals surface area (Å²) >= 11 is 5.94. The SMILES string of the molecule is Cc1cc(N2CCOC(C)C2)c(CCl)cn1. The zero-order valence-electron chi connectivity index (χ0n) is 9.74. The molecule has 0 N–H and O–H groups in total. The van der Waals surface area contributed by atoms with E-state index in [2.05, 4.69) is 22.9 Å². The molecule has 0 aliphatic carbocycles. The molecule has 1 aliphatic heterocycles. The van der Waals surface area contributed by atoms with Crippen LogP contribution >= 0.6 is 11.6 Å². The molecule has 1 unspecified atom stereocenters. The Balaban J connectivity index is 2.26. The molecule has 16 heavy (non-hydrogen) atoms. The Kier molecular flexibility index (Phi) is 3.66. The summed E-state index contributed by atoms with van der Waals surface area (Å²) in [4.78, 5) is 6.62. The standard InChI is InChI=1S/C12H17ClN2O/c1-9-5-12(11(6-13)7-14-9)15-3-4-16-10(2)8-15/h5,7,10H,3-4,6,8H2,1-2H3. The Labute approximate surface area is 101 Å². The zero-order chi connectivity index (χ0) is 11.5. The summed E-state index contributed by atoms with van der Waals surface area (Å²) in [7, 11) is 0. The largest absolute Gasteiger partial charge is 0.375 e. The van der Waals surface area contributed by atoms with Gasteiger partial charge in [-0.3, -0.25) is 4.98 Å². The van der Waals surface area contributed by atoms with Gasteiger partial charge in [0.1, 0.15) is 0 Å². The summed E-state index contributed by atoms with van der Waals surface area (Å²) in [5.74, 6) is 0.508. The first-order chi connectivity index (χ1) is 7.70. The van der Waals surface area contributed by atoms with Crippen LogP contribution in [-0.2, 0) is 10.6 Å². The second-order valence-corrected chi connectivity index (χ2v) is 4.48. The lowest BCUT2D eigenvalue weighted by Gasteiger charge is -2.34. The fraction of sp³-hybridized carbons (Fsp3) is 0.583. The number of aryl methyl sites for hydroxylation is 1. The van der Waals surface area contributed by atoms with Gasteiger partial charge in [0.25, 0.3) is 0 Å². The van der Waals surface area contributed by atoms with E-state index in [-0.39, 0.29) is 6.10 Å². The van der Waals surface area contributed by atoms with Crippen LogP contribution in [-0.4, -0.2) is 30.8 Å². The molecule has 3 nitrogen and oxygen atoms in total. The van der Waals surface area contributed by atoms with E-state index in [0.29, 0.717) is 5.88 Å². The highest BCUT2D eigenvalue weighted by Gasteiger charge is 2.19. The van der Waals surface area contributed by atoms with Gasteiger partial charge in [-0.25, -0.2) is 0 Å². The highest BCUT2D eigenvalue weighted by atomic mass is 35.5. The van der Waals surface area contributed by atoms with Crippen molar-refractivity contribution in [1.82, 2.24) is 4.98 Å². The van der Waals surface area contributed by atoms with Gasteiger partial charge in [0.2, 0.25) is 0 Å². The number of anilines is 1. The van der Waals surface area contributed by atoms with Crippen molar-refractivity contribution in [2.24, 2.45) is 0 Å². The molecular formula is C12H17ClN2O. The summed E-state index contributed by atoms with van der Waals surface area (Å²) in [6.45, 7) is 6.74. The first kappa shape index (κ1) is 11.7. The van der Waals surface area contributed by atoms with Gasteiger partial charge in [-0.1, -0.05) is 0 Å². The van der Waals surface area contributed by atoms with Crippen LogP contribution in [0.15, 0.2) is 12.3 Å². The van der Waals surface area contributed by atoms with E-state index in [1.54, 1.807) is 0 Å². The fourth-order valence-corrected chi connectivity index (χ4v) is 2.21. The van der Waals surface area contributed by atoms with Crippen molar-refractivity contribution in [2.75, 3.05) is 24.6 Å². The number of hydrogen-bond donors (Lipinski definition) is 0. The van der Waals surface area contributed by atoms with E-state index in [1.807, 2.05) is 13.1 Å². The lowest BCUT2D eigenvalue weighted by atomic mass is 10.2. The predicted molar refractivity (Wildman–Crippen MR) is 66.2 cm³/mol. The van der Waals surface area contributed by atoms with Crippen LogP contribution < -0.4 is 4.90 Å². The molecule has 2 rings (SSSR count). The first-order valence-electron chi connectivity index (χ1n) is 5.58. The molecule has 1 atom stereocenters. The predicted octanol–water partition coefficient (Wildman–Crippen LogP) is 2.35. The third-order valence-electron chi connectivity index (χ3n) is 2.82. The Morgan fingerprint density at radius 2 is 2.44 bits per heavy atom. The summed E-state index contributed by atoms with van der Waals surface area (Å²) in [6.07, 6.45) is 2.16. The average Bonchev–Trinajstić information content (AvgIpc) is 2.29. The Morgan fingerprint density at radius 1 is 1.62 bits per heavy atom. The first-order valence-corrected chi connectivity index (χ1v) is 6.12. The van der Waals surface area contributed by atoms with E-state index in [9.17, 15) is 0 Å². The van der Waals surface area contributed by atoms with Crippen LogP contribution in [0.4, 0.5) is 5.69 Å². The average molecular weight is 241 g/mol. The maximum Gasteiger partial charge on any atom is 0.0722 e. The Hall–Kier alpha value is -0.800. The van der Waals surface area contributed by atoms with E-state index >= 15 is 0 Å². The maximum absolute atomic E-state index is 5.94. The maximum atomic E-state index is 5.94. The van der Waals surface area contributed by atoms with Crippen LogP contribution in [0.2, 0.25) is 0 Å². The number of alkyl halides is 1. The number of nitrogens with zero attached hydrogens (tertiary/aromatic N) is 2. The third kappa shape index (κ3) is 2.47. The quantitative estimate of drug-likeness (QED) is 0.742. The molecule has 0 bridgehead atoms. The molecule has 0 saturated carbocycles. The molecule has 0 aromatic carbocycles. The smallest absolute Gasteiger partial charge is 0.0722 e. The highest BCUT2D eigenvalue weighted by molar-refractivity contribution is 6.17. The minimum Gasteiger partial charge on any atom is -0.375 e. The Bertz CT molecular complexity index is 370. The molecule has 0 spiro atoms. The number of hydrogen-bond acceptors (Lipinski definition) is 3. The minimum atomic E-state index is 0.283. The third-order valence-corrected chi connectivity index (χ3v) is 3.11. The monoisotopic (exact) mass is 240 g/mol. The normalized spacial score (nSPS) is 21.2. The Morgan fingerprint density at radius 3 is 3.12 bits per heavy atom. The van der Waals surface area contributed by atoms with Gasteiger partial charge in [-0.15, -0.1) is 11.6 Å². The second-order valence-electron chi connectivity index (χ2n) is 4.22. The van der Waals surface area contributed by atoms with Crippen molar-refractivity contribution in [3.63, 3.8) is 0 Å². The number of ether oxygens (including phenoxy) is 1. The molecule has 1 fully saturated rings. The van der Waals surface area contributed by atoms with E-state index in [0.717, 1.165) is 31.0 Å². The van der Waals surface area contributed by atoms with Gasteiger partial charge in [-0.05, 0) is 19.9 Å². The summed E-state index contributed by atoms with van der Waals surface area (Å²) in [5, 5.41) is 0. The lowest BCUT2D eigenvalue weighted by Crippen LogP contribution is -2.41. The van der Waals surface area contributed by atoms with Crippen LogP contribution in [0.5, 0.6) is 0 Å². The number of aromatic nitrogens is 1. The van der Waals surface area contributed by atoms with Crippen LogP contribution in [0, 0.1) is 6.92 Å². The molecule has 4 heteroatoms. The summed E-state index contributed by atoms with van der Waals surface area (Å²) in [5.41, 5.74) is 3.34.